The maximum atomic E-state index is 12.3. The molecule has 0 fully saturated rings. The molecule has 1 heterocycles. The van der Waals surface area contributed by atoms with Crippen LogP contribution in [-0.4, -0.2) is 20.4 Å². The Morgan fingerprint density at radius 1 is 1.17 bits per heavy atom. The number of hydrogen-bond donors (Lipinski definition) is 1. The first-order valence-corrected chi connectivity index (χ1v) is 6.71. The Balaban J connectivity index is 2.47. The Bertz CT molecular complexity index is 641. The predicted molar refractivity (Wildman–Crippen MR) is 70.7 cm³/mol. The minimum Gasteiger partial charge on any atom is -0.397 e. The number of nitrogens with two attached hydrogens (primary N) is 1. The summed E-state index contributed by atoms with van der Waals surface area (Å²) in [6.07, 6.45) is 2.83. The highest BCUT2D eigenvalue weighted by Gasteiger charge is 2.22. The van der Waals surface area contributed by atoms with E-state index in [-0.39, 0.29) is 4.90 Å². The molecule has 0 saturated heterocycles. The average molecular weight is 263 g/mol. The van der Waals surface area contributed by atoms with Crippen molar-refractivity contribution < 1.29 is 8.42 Å². The lowest BCUT2D eigenvalue weighted by atomic mass is 10.3. The van der Waals surface area contributed by atoms with Crippen LogP contribution < -0.4 is 10.0 Å². The van der Waals surface area contributed by atoms with Crippen molar-refractivity contribution in [1.29, 1.82) is 0 Å². The molecule has 0 aliphatic heterocycles. The van der Waals surface area contributed by atoms with E-state index in [9.17, 15) is 8.42 Å². The van der Waals surface area contributed by atoms with Gasteiger partial charge in [-0.15, -0.1) is 0 Å². The number of sulfonamides is 1. The Labute approximate surface area is 106 Å². The van der Waals surface area contributed by atoms with Crippen LogP contribution >= 0.6 is 0 Å². The molecule has 18 heavy (non-hydrogen) atoms. The molecule has 2 N–H and O–H groups in total. The molecule has 1 aromatic heterocycles. The van der Waals surface area contributed by atoms with Gasteiger partial charge in [-0.2, -0.15) is 0 Å². The van der Waals surface area contributed by atoms with E-state index in [1.165, 1.54) is 25.5 Å². The number of nitrogens with zero attached hydrogens (tertiary/aromatic N) is 2. The van der Waals surface area contributed by atoms with Gasteiger partial charge in [-0.05, 0) is 24.3 Å². The topological polar surface area (TPSA) is 76.3 Å². The van der Waals surface area contributed by atoms with E-state index < -0.39 is 10.0 Å². The highest BCUT2D eigenvalue weighted by atomic mass is 32.2. The minimum atomic E-state index is -3.62. The Hall–Kier alpha value is -2.08. The van der Waals surface area contributed by atoms with Crippen molar-refractivity contribution in [3.8, 4) is 0 Å². The number of para-hydroxylation sites is 2. The number of hydrogen-bond acceptors (Lipinski definition) is 4. The lowest BCUT2D eigenvalue weighted by molar-refractivity contribution is 0.594. The fourth-order valence-corrected chi connectivity index (χ4v) is 2.75. The summed E-state index contributed by atoms with van der Waals surface area (Å²) in [4.78, 5) is 3.95. The number of anilines is 2. The first-order valence-electron chi connectivity index (χ1n) is 5.27. The average Bonchev–Trinajstić information content (AvgIpc) is 2.39. The number of aromatic nitrogens is 1. The third kappa shape index (κ3) is 2.14. The molecule has 2 rings (SSSR count). The number of pyridine rings is 1. The van der Waals surface area contributed by atoms with Crippen molar-refractivity contribution in [3.05, 3.63) is 48.8 Å². The van der Waals surface area contributed by atoms with Gasteiger partial charge in [-0.25, -0.2) is 8.42 Å². The molecule has 0 amide bonds. The lowest BCUT2D eigenvalue weighted by Crippen LogP contribution is -2.27. The van der Waals surface area contributed by atoms with E-state index in [2.05, 4.69) is 4.98 Å². The van der Waals surface area contributed by atoms with Crippen LogP contribution in [0.15, 0.2) is 53.7 Å². The summed E-state index contributed by atoms with van der Waals surface area (Å²) in [5.41, 5.74) is 6.63. The van der Waals surface area contributed by atoms with Gasteiger partial charge in [-0.3, -0.25) is 9.29 Å². The zero-order valence-corrected chi connectivity index (χ0v) is 10.6. The zero-order chi connectivity index (χ0) is 13.2. The fraction of sp³-hybridized carbons (Fsp3) is 0.0833. The molecule has 0 unspecified atom stereocenters. The maximum absolute atomic E-state index is 12.3. The summed E-state index contributed by atoms with van der Waals surface area (Å²) in [6, 6.07) is 9.88. The molecule has 0 aliphatic carbocycles. The fourth-order valence-electron chi connectivity index (χ4n) is 1.56. The molecule has 5 nitrogen and oxygen atoms in total. The predicted octanol–water partition coefficient (Wildman–Crippen LogP) is 1.49. The SMILES string of the molecule is CN(c1ccccc1N)S(=O)(=O)c1cccnc1. The van der Waals surface area contributed by atoms with Crippen molar-refractivity contribution in [2.45, 2.75) is 4.90 Å². The third-order valence-corrected chi connectivity index (χ3v) is 4.32. The van der Waals surface area contributed by atoms with Crippen molar-refractivity contribution >= 4 is 21.4 Å². The van der Waals surface area contributed by atoms with Crippen LogP contribution in [0.4, 0.5) is 11.4 Å². The van der Waals surface area contributed by atoms with Gasteiger partial charge in [0.15, 0.2) is 0 Å². The third-order valence-electron chi connectivity index (χ3n) is 2.57. The van der Waals surface area contributed by atoms with Crippen LogP contribution in [0.1, 0.15) is 0 Å². The van der Waals surface area contributed by atoms with Crippen LogP contribution in [0.5, 0.6) is 0 Å². The second-order valence-corrected chi connectivity index (χ2v) is 5.69. The highest BCUT2D eigenvalue weighted by molar-refractivity contribution is 7.92. The van der Waals surface area contributed by atoms with E-state index in [1.54, 1.807) is 30.3 Å². The molecule has 0 bridgehead atoms. The van der Waals surface area contributed by atoms with Crippen LogP contribution in [0.3, 0.4) is 0 Å². The molecule has 0 atom stereocenters. The Morgan fingerprint density at radius 2 is 1.89 bits per heavy atom. The van der Waals surface area contributed by atoms with Gasteiger partial charge in [-0.1, -0.05) is 12.1 Å². The van der Waals surface area contributed by atoms with E-state index in [0.29, 0.717) is 11.4 Å². The molecule has 6 heteroatoms. The second kappa shape index (κ2) is 4.66. The molecule has 0 spiro atoms. The summed E-state index contributed by atoms with van der Waals surface area (Å²) < 4.78 is 25.8. The van der Waals surface area contributed by atoms with Gasteiger partial charge in [0.1, 0.15) is 4.90 Å². The van der Waals surface area contributed by atoms with Gasteiger partial charge < -0.3 is 5.73 Å². The lowest BCUT2D eigenvalue weighted by Gasteiger charge is -2.20. The van der Waals surface area contributed by atoms with E-state index in [1.807, 2.05) is 0 Å². The molecule has 94 valence electrons. The molecular formula is C12H13N3O2S. The number of rotatable bonds is 3. The van der Waals surface area contributed by atoms with Crippen molar-refractivity contribution in [1.82, 2.24) is 4.98 Å². The molecule has 0 radical (unpaired) electrons. The van der Waals surface area contributed by atoms with Crippen molar-refractivity contribution in [3.63, 3.8) is 0 Å². The maximum Gasteiger partial charge on any atom is 0.265 e. The number of nitrogen functional groups attached to an aromatic ring is 1. The molecule has 2 aromatic rings. The quantitative estimate of drug-likeness (QED) is 0.851. The van der Waals surface area contributed by atoms with E-state index in [0.717, 1.165) is 4.31 Å². The summed E-state index contributed by atoms with van der Waals surface area (Å²) in [6.45, 7) is 0. The minimum absolute atomic E-state index is 0.135. The normalized spacial score (nSPS) is 11.2. The van der Waals surface area contributed by atoms with Crippen LogP contribution in [-0.2, 0) is 10.0 Å². The smallest absolute Gasteiger partial charge is 0.265 e. The van der Waals surface area contributed by atoms with E-state index >= 15 is 0 Å². The van der Waals surface area contributed by atoms with Gasteiger partial charge in [0, 0.05) is 19.4 Å². The molecule has 0 aliphatic rings. The first-order chi connectivity index (χ1) is 8.53. The van der Waals surface area contributed by atoms with Gasteiger partial charge in [0.2, 0.25) is 0 Å². The first kappa shape index (κ1) is 12.4. The van der Waals surface area contributed by atoms with Crippen LogP contribution in [0.2, 0.25) is 0 Å². The van der Waals surface area contributed by atoms with Crippen LogP contribution in [0.25, 0.3) is 0 Å². The molecule has 1 aromatic carbocycles. The summed E-state index contributed by atoms with van der Waals surface area (Å²) in [5, 5.41) is 0. The zero-order valence-electron chi connectivity index (χ0n) is 9.82. The molecule has 0 saturated carbocycles. The monoisotopic (exact) mass is 263 g/mol. The summed E-state index contributed by atoms with van der Waals surface area (Å²) >= 11 is 0. The molecular weight excluding hydrogens is 250 g/mol. The van der Waals surface area contributed by atoms with Crippen molar-refractivity contribution in [2.75, 3.05) is 17.1 Å². The Kier molecular flexibility index (Phi) is 3.20. The summed E-state index contributed by atoms with van der Waals surface area (Å²) in [5.74, 6) is 0. The van der Waals surface area contributed by atoms with Crippen molar-refractivity contribution in [2.24, 2.45) is 0 Å². The Morgan fingerprint density at radius 3 is 2.50 bits per heavy atom. The summed E-state index contributed by atoms with van der Waals surface area (Å²) in [7, 11) is -2.16. The second-order valence-electron chi connectivity index (χ2n) is 3.72. The van der Waals surface area contributed by atoms with E-state index in [4.69, 9.17) is 5.73 Å². The van der Waals surface area contributed by atoms with Gasteiger partial charge in [0.25, 0.3) is 10.0 Å². The van der Waals surface area contributed by atoms with Gasteiger partial charge >= 0.3 is 0 Å². The highest BCUT2D eigenvalue weighted by Crippen LogP contribution is 2.26. The van der Waals surface area contributed by atoms with Crippen LogP contribution in [0, 0.1) is 0 Å². The van der Waals surface area contributed by atoms with Gasteiger partial charge in [0.05, 0.1) is 11.4 Å². The number of benzene rings is 1. The standard InChI is InChI=1S/C12H13N3O2S/c1-15(12-7-3-2-6-11(12)13)18(16,17)10-5-4-8-14-9-10/h2-9H,13H2,1H3. The largest absolute Gasteiger partial charge is 0.397 e.